The second-order valence-electron chi connectivity index (χ2n) is 11.0. The van der Waals surface area contributed by atoms with Gasteiger partial charge in [0.25, 0.3) is 11.8 Å². The first kappa shape index (κ1) is 27.6. The van der Waals surface area contributed by atoms with Crippen molar-refractivity contribution in [3.05, 3.63) is 99.2 Å². The summed E-state index contributed by atoms with van der Waals surface area (Å²) < 4.78 is 21.1. The monoisotopic (exact) mass is 546 g/mol. The van der Waals surface area contributed by atoms with E-state index in [1.54, 1.807) is 16.7 Å². The zero-order valence-electron chi connectivity index (χ0n) is 23.1. The number of fused-ring (bicyclic) bond motifs is 2. The average molecular weight is 547 g/mol. The number of hydrogen-bond acceptors (Lipinski definition) is 5. The maximum atomic E-state index is 14.0. The van der Waals surface area contributed by atoms with Gasteiger partial charge in [-0.3, -0.25) is 19.3 Å². The van der Waals surface area contributed by atoms with E-state index in [4.69, 9.17) is 4.74 Å². The third kappa shape index (κ3) is 5.65. The second-order valence-corrected chi connectivity index (χ2v) is 11.0. The molecule has 210 valence electrons. The summed E-state index contributed by atoms with van der Waals surface area (Å²) in [5.41, 5.74) is 0.969. The minimum atomic E-state index is -0.630. The lowest BCUT2D eigenvalue weighted by Gasteiger charge is -2.50. The van der Waals surface area contributed by atoms with Crippen molar-refractivity contribution in [3.63, 3.8) is 0 Å². The van der Waals surface area contributed by atoms with Gasteiger partial charge in [-0.15, -0.1) is 0 Å². The van der Waals surface area contributed by atoms with Gasteiger partial charge in [0.15, 0.2) is 11.4 Å². The van der Waals surface area contributed by atoms with E-state index in [0.717, 1.165) is 25.1 Å². The highest BCUT2D eigenvalue weighted by molar-refractivity contribution is 5.99. The molecule has 0 aliphatic carbocycles. The SMILES string of the molecule is CC(C)CN1CCC(C)N2C(=O)c3c(OCc4ccccc4)c(=O)c(C(=O)NCc4ccc(F)cc4)cn3CC12. The van der Waals surface area contributed by atoms with Crippen LogP contribution in [0.1, 0.15) is 59.2 Å². The number of rotatable bonds is 8. The van der Waals surface area contributed by atoms with Crippen molar-refractivity contribution in [1.29, 1.82) is 0 Å². The van der Waals surface area contributed by atoms with Crippen LogP contribution in [-0.2, 0) is 19.7 Å². The molecule has 1 fully saturated rings. The lowest BCUT2D eigenvalue weighted by Crippen LogP contribution is -2.64. The van der Waals surface area contributed by atoms with Crippen molar-refractivity contribution in [3.8, 4) is 5.75 Å². The molecular weight excluding hydrogens is 511 g/mol. The Labute approximate surface area is 233 Å². The van der Waals surface area contributed by atoms with Crippen molar-refractivity contribution in [2.75, 3.05) is 13.1 Å². The van der Waals surface area contributed by atoms with Crippen LogP contribution in [-0.4, -0.2) is 51.5 Å². The minimum absolute atomic E-state index is 0.00502. The van der Waals surface area contributed by atoms with Gasteiger partial charge in [-0.2, -0.15) is 0 Å². The average Bonchev–Trinajstić information content (AvgIpc) is 2.94. The van der Waals surface area contributed by atoms with Crippen LogP contribution in [0.5, 0.6) is 5.75 Å². The van der Waals surface area contributed by atoms with Crippen LogP contribution < -0.4 is 15.5 Å². The Morgan fingerprint density at radius 1 is 1.07 bits per heavy atom. The number of aromatic nitrogens is 1. The minimum Gasteiger partial charge on any atom is -0.483 e. The molecular formula is C31H35FN4O4. The van der Waals surface area contributed by atoms with E-state index in [0.29, 0.717) is 18.0 Å². The molecule has 0 spiro atoms. The molecule has 0 bridgehead atoms. The smallest absolute Gasteiger partial charge is 0.276 e. The second kappa shape index (κ2) is 11.6. The molecule has 2 aliphatic rings. The largest absolute Gasteiger partial charge is 0.483 e. The molecule has 9 heteroatoms. The number of nitrogens with one attached hydrogen (secondary N) is 1. The van der Waals surface area contributed by atoms with Crippen LogP contribution in [0.3, 0.4) is 0 Å². The molecule has 8 nitrogen and oxygen atoms in total. The quantitative estimate of drug-likeness (QED) is 0.461. The van der Waals surface area contributed by atoms with Crippen molar-refractivity contribution < 1.29 is 18.7 Å². The molecule has 2 aromatic carbocycles. The number of ether oxygens (including phenoxy) is 1. The molecule has 0 radical (unpaired) electrons. The third-order valence-corrected chi connectivity index (χ3v) is 7.52. The normalized spacial score (nSPS) is 18.8. The zero-order chi connectivity index (χ0) is 28.4. The molecule has 3 aromatic rings. The van der Waals surface area contributed by atoms with Crippen molar-refractivity contribution in [1.82, 2.24) is 19.7 Å². The molecule has 2 aliphatic heterocycles. The zero-order valence-corrected chi connectivity index (χ0v) is 23.1. The molecule has 5 rings (SSSR count). The fraction of sp³-hybridized carbons (Fsp3) is 0.387. The molecule has 3 heterocycles. The number of carbonyl (C=O) groups is 2. The van der Waals surface area contributed by atoms with E-state index in [9.17, 15) is 18.8 Å². The Balaban J connectivity index is 1.52. The van der Waals surface area contributed by atoms with Gasteiger partial charge in [-0.25, -0.2) is 4.39 Å². The Bertz CT molecular complexity index is 1440. The number of amides is 2. The van der Waals surface area contributed by atoms with Gasteiger partial charge in [0.05, 0.1) is 6.54 Å². The Hall–Kier alpha value is -3.98. The van der Waals surface area contributed by atoms with Crippen LogP contribution in [0.4, 0.5) is 4.39 Å². The predicted octanol–water partition coefficient (Wildman–Crippen LogP) is 4.03. The highest BCUT2D eigenvalue weighted by Crippen LogP contribution is 2.32. The maximum absolute atomic E-state index is 14.0. The van der Waals surface area contributed by atoms with E-state index in [2.05, 4.69) is 24.1 Å². The summed E-state index contributed by atoms with van der Waals surface area (Å²) >= 11 is 0. The molecule has 2 amide bonds. The summed E-state index contributed by atoms with van der Waals surface area (Å²) in [6.07, 6.45) is 2.13. The number of pyridine rings is 1. The summed E-state index contributed by atoms with van der Waals surface area (Å²) in [7, 11) is 0. The third-order valence-electron chi connectivity index (χ3n) is 7.52. The summed E-state index contributed by atoms with van der Waals surface area (Å²) in [5.74, 6) is -0.922. The first-order valence-corrected chi connectivity index (χ1v) is 13.8. The number of benzene rings is 2. The number of hydrogen-bond donors (Lipinski definition) is 1. The molecule has 40 heavy (non-hydrogen) atoms. The van der Waals surface area contributed by atoms with Gasteiger partial charge in [-0.1, -0.05) is 56.3 Å². The van der Waals surface area contributed by atoms with Crippen LogP contribution >= 0.6 is 0 Å². The highest BCUT2D eigenvalue weighted by atomic mass is 19.1. The fourth-order valence-electron chi connectivity index (χ4n) is 5.54. The lowest BCUT2D eigenvalue weighted by molar-refractivity contribution is -0.0367. The summed E-state index contributed by atoms with van der Waals surface area (Å²) in [5, 5.41) is 2.76. The van der Waals surface area contributed by atoms with Crippen molar-refractivity contribution >= 4 is 11.8 Å². The Kier molecular flexibility index (Phi) is 8.02. The molecule has 1 aromatic heterocycles. The van der Waals surface area contributed by atoms with Gasteiger partial charge in [0.2, 0.25) is 5.43 Å². The van der Waals surface area contributed by atoms with Gasteiger partial charge < -0.3 is 19.5 Å². The summed E-state index contributed by atoms with van der Waals surface area (Å²) in [6.45, 7) is 8.65. The topological polar surface area (TPSA) is 83.9 Å². The van der Waals surface area contributed by atoms with Gasteiger partial charge in [-0.05, 0) is 42.5 Å². The fourth-order valence-corrected chi connectivity index (χ4v) is 5.54. The highest BCUT2D eigenvalue weighted by Gasteiger charge is 2.43. The van der Waals surface area contributed by atoms with Crippen LogP contribution in [0.15, 0.2) is 65.6 Å². The Morgan fingerprint density at radius 2 is 1.80 bits per heavy atom. The molecule has 1 N–H and O–H groups in total. The Morgan fingerprint density at radius 3 is 2.50 bits per heavy atom. The summed E-state index contributed by atoms with van der Waals surface area (Å²) in [4.78, 5) is 45.2. The predicted molar refractivity (Wildman–Crippen MR) is 149 cm³/mol. The standard InChI is InChI=1S/C31H35FN4O4/c1-20(2)16-34-14-13-21(3)36-26(34)18-35-17-25(30(38)33-15-22-9-11-24(32)12-10-22)28(37)29(27(35)31(36)39)40-19-23-7-5-4-6-8-23/h4-12,17,20-21,26H,13-16,18-19H2,1-3H3,(H,33,38). The first-order chi connectivity index (χ1) is 19.2. The van der Waals surface area contributed by atoms with E-state index in [-0.39, 0.29) is 54.1 Å². The van der Waals surface area contributed by atoms with Crippen LogP contribution in [0, 0.1) is 11.7 Å². The first-order valence-electron chi connectivity index (χ1n) is 13.8. The molecule has 2 atom stereocenters. The molecule has 1 saturated heterocycles. The number of halogens is 1. The van der Waals surface area contributed by atoms with Crippen molar-refractivity contribution in [2.24, 2.45) is 5.92 Å². The van der Waals surface area contributed by atoms with Crippen LogP contribution in [0.2, 0.25) is 0 Å². The number of carbonyl (C=O) groups excluding carboxylic acids is 2. The van der Waals surface area contributed by atoms with Crippen molar-refractivity contribution in [2.45, 2.75) is 59.1 Å². The van der Waals surface area contributed by atoms with Crippen LogP contribution in [0.25, 0.3) is 0 Å². The van der Waals surface area contributed by atoms with Gasteiger partial charge >= 0.3 is 0 Å². The molecule has 2 unspecified atom stereocenters. The number of nitrogens with zero attached hydrogens (tertiary/aromatic N) is 3. The van der Waals surface area contributed by atoms with E-state index in [1.807, 2.05) is 42.2 Å². The van der Waals surface area contributed by atoms with E-state index >= 15 is 0 Å². The maximum Gasteiger partial charge on any atom is 0.276 e. The van der Waals surface area contributed by atoms with Gasteiger partial charge in [0.1, 0.15) is 24.2 Å². The summed E-state index contributed by atoms with van der Waals surface area (Å²) in [6, 6.07) is 15.2. The lowest BCUT2D eigenvalue weighted by atomic mass is 10.0. The van der Waals surface area contributed by atoms with E-state index < -0.39 is 11.3 Å². The molecule has 0 saturated carbocycles. The van der Waals surface area contributed by atoms with Gasteiger partial charge in [0, 0.05) is 31.9 Å². The van der Waals surface area contributed by atoms with E-state index in [1.165, 1.54) is 18.3 Å².